The number of phenols is 1. The van der Waals surface area contributed by atoms with Crippen molar-refractivity contribution >= 4 is 16.6 Å². The Labute approximate surface area is 97.0 Å². The minimum Gasteiger partial charge on any atom is -0.508 e. The molecule has 3 aromatic rings. The largest absolute Gasteiger partial charge is 0.508 e. The van der Waals surface area contributed by atoms with Crippen LogP contribution in [0.25, 0.3) is 16.6 Å². The predicted molar refractivity (Wildman–Crippen MR) is 62.9 cm³/mol. The van der Waals surface area contributed by atoms with Crippen LogP contribution < -0.4 is 0 Å². The summed E-state index contributed by atoms with van der Waals surface area (Å²) in [6, 6.07) is 8.88. The molecule has 0 radical (unpaired) electrons. The van der Waals surface area contributed by atoms with Crippen molar-refractivity contribution in [1.29, 1.82) is 0 Å². The van der Waals surface area contributed by atoms with Crippen LogP contribution in [0.1, 0.15) is 5.82 Å². The Morgan fingerprint density at radius 3 is 2.82 bits per heavy atom. The van der Waals surface area contributed by atoms with Crippen LogP contribution in [-0.4, -0.2) is 31.4 Å². The maximum atomic E-state index is 9.45. The quantitative estimate of drug-likeness (QED) is 0.691. The van der Waals surface area contributed by atoms with Crippen molar-refractivity contribution < 1.29 is 10.2 Å². The number of pyridine rings is 1. The molecule has 0 amide bonds. The molecule has 2 heterocycles. The minimum absolute atomic E-state index is 0.0370. The molecule has 0 aliphatic heterocycles. The van der Waals surface area contributed by atoms with E-state index in [4.69, 9.17) is 5.11 Å². The molecular weight excluding hydrogens is 218 g/mol. The molecule has 0 atom stereocenters. The molecule has 0 saturated heterocycles. The molecule has 2 aromatic heterocycles. The fraction of sp³-hybridized carbons (Fsp3) is 0.167. The standard InChI is InChI=1S/C12H11N3O2/c16-6-5-12-14-13-11-4-1-8-7-9(17)2-3-10(8)15(11)12/h1-4,7,16-17H,5-6H2. The zero-order valence-corrected chi connectivity index (χ0v) is 9.04. The molecule has 0 aliphatic rings. The smallest absolute Gasteiger partial charge is 0.161 e. The molecule has 17 heavy (non-hydrogen) atoms. The second-order valence-electron chi connectivity index (χ2n) is 3.86. The van der Waals surface area contributed by atoms with Crippen molar-refractivity contribution in [3.63, 3.8) is 0 Å². The van der Waals surface area contributed by atoms with E-state index >= 15 is 0 Å². The number of hydrogen-bond donors (Lipinski definition) is 2. The summed E-state index contributed by atoms with van der Waals surface area (Å²) in [6.45, 7) is 0.0370. The first-order valence-corrected chi connectivity index (χ1v) is 5.36. The summed E-state index contributed by atoms with van der Waals surface area (Å²) in [5.74, 6) is 0.951. The lowest BCUT2D eigenvalue weighted by atomic mass is 10.2. The van der Waals surface area contributed by atoms with Gasteiger partial charge in [-0.1, -0.05) is 0 Å². The molecule has 0 saturated carbocycles. The fourth-order valence-corrected chi connectivity index (χ4v) is 2.01. The Morgan fingerprint density at radius 1 is 1.12 bits per heavy atom. The molecule has 0 aliphatic carbocycles. The number of hydrogen-bond acceptors (Lipinski definition) is 4. The SMILES string of the molecule is OCCc1nnc2ccc3cc(O)ccc3n12. The van der Waals surface area contributed by atoms with E-state index in [9.17, 15) is 5.11 Å². The van der Waals surface area contributed by atoms with Crippen LogP contribution in [0.5, 0.6) is 5.75 Å². The summed E-state index contributed by atoms with van der Waals surface area (Å²) >= 11 is 0. The predicted octanol–water partition coefficient (Wildman–Crippen LogP) is 1.12. The maximum absolute atomic E-state index is 9.45. The van der Waals surface area contributed by atoms with Gasteiger partial charge in [0.1, 0.15) is 11.6 Å². The van der Waals surface area contributed by atoms with E-state index in [1.807, 2.05) is 22.6 Å². The molecule has 0 spiro atoms. The zero-order chi connectivity index (χ0) is 11.8. The number of aromatic hydroxyl groups is 1. The third kappa shape index (κ3) is 1.52. The van der Waals surface area contributed by atoms with Crippen molar-refractivity contribution in [3.05, 3.63) is 36.2 Å². The van der Waals surface area contributed by atoms with Gasteiger partial charge < -0.3 is 10.2 Å². The normalized spacial score (nSPS) is 11.4. The van der Waals surface area contributed by atoms with Gasteiger partial charge in [0.25, 0.3) is 0 Å². The summed E-state index contributed by atoms with van der Waals surface area (Å²) in [5, 5.41) is 27.4. The van der Waals surface area contributed by atoms with Crippen LogP contribution in [0, 0.1) is 0 Å². The Kier molecular flexibility index (Phi) is 2.19. The van der Waals surface area contributed by atoms with Gasteiger partial charge in [0.15, 0.2) is 5.65 Å². The highest BCUT2D eigenvalue weighted by atomic mass is 16.3. The summed E-state index contributed by atoms with van der Waals surface area (Å²) < 4.78 is 1.89. The molecule has 0 fully saturated rings. The number of aliphatic hydroxyl groups excluding tert-OH is 1. The molecule has 2 N–H and O–H groups in total. The van der Waals surface area contributed by atoms with Crippen molar-refractivity contribution in [2.24, 2.45) is 0 Å². The third-order valence-electron chi connectivity index (χ3n) is 2.75. The lowest BCUT2D eigenvalue weighted by Crippen LogP contribution is -1.99. The highest BCUT2D eigenvalue weighted by Gasteiger charge is 2.08. The number of benzene rings is 1. The highest BCUT2D eigenvalue weighted by molar-refractivity contribution is 5.83. The van der Waals surface area contributed by atoms with Gasteiger partial charge in [-0.25, -0.2) is 0 Å². The Balaban J connectivity index is 2.40. The second kappa shape index (κ2) is 3.71. The van der Waals surface area contributed by atoms with Gasteiger partial charge in [-0.15, -0.1) is 10.2 Å². The van der Waals surface area contributed by atoms with E-state index in [-0.39, 0.29) is 12.4 Å². The summed E-state index contributed by atoms with van der Waals surface area (Å²) in [6.07, 6.45) is 0.459. The van der Waals surface area contributed by atoms with E-state index < -0.39 is 0 Å². The second-order valence-corrected chi connectivity index (χ2v) is 3.86. The maximum Gasteiger partial charge on any atom is 0.161 e. The number of rotatable bonds is 2. The van der Waals surface area contributed by atoms with Crippen molar-refractivity contribution in [1.82, 2.24) is 14.6 Å². The molecule has 5 heteroatoms. The Morgan fingerprint density at radius 2 is 2.00 bits per heavy atom. The van der Waals surface area contributed by atoms with Crippen molar-refractivity contribution in [3.8, 4) is 5.75 Å². The third-order valence-corrected chi connectivity index (χ3v) is 2.75. The molecule has 86 valence electrons. The van der Waals surface area contributed by atoms with Crippen LogP contribution in [-0.2, 0) is 6.42 Å². The van der Waals surface area contributed by atoms with E-state index in [1.165, 1.54) is 0 Å². The first kappa shape index (κ1) is 10.0. The van der Waals surface area contributed by atoms with Crippen LogP contribution in [0.3, 0.4) is 0 Å². The van der Waals surface area contributed by atoms with Gasteiger partial charge >= 0.3 is 0 Å². The first-order valence-electron chi connectivity index (χ1n) is 5.36. The van der Waals surface area contributed by atoms with Crippen LogP contribution in [0.2, 0.25) is 0 Å². The van der Waals surface area contributed by atoms with Gasteiger partial charge in [0, 0.05) is 11.8 Å². The average Bonchev–Trinajstić information content (AvgIpc) is 2.73. The number of phenolic OH excluding ortho intramolecular Hbond substituents is 1. The summed E-state index contributed by atoms with van der Waals surface area (Å²) in [4.78, 5) is 0. The topological polar surface area (TPSA) is 70.7 Å². The Hall–Kier alpha value is -2.14. The van der Waals surface area contributed by atoms with Crippen molar-refractivity contribution in [2.45, 2.75) is 6.42 Å². The summed E-state index contributed by atoms with van der Waals surface area (Å²) in [5.41, 5.74) is 1.67. The number of nitrogens with zero attached hydrogens (tertiary/aromatic N) is 3. The first-order chi connectivity index (χ1) is 8.29. The number of aliphatic hydroxyl groups is 1. The zero-order valence-electron chi connectivity index (χ0n) is 9.04. The molecule has 5 nitrogen and oxygen atoms in total. The van der Waals surface area contributed by atoms with E-state index in [2.05, 4.69) is 10.2 Å². The molecule has 0 unspecified atom stereocenters. The van der Waals surface area contributed by atoms with Crippen molar-refractivity contribution in [2.75, 3.05) is 6.61 Å². The lowest BCUT2D eigenvalue weighted by molar-refractivity contribution is 0.296. The number of aromatic nitrogens is 3. The van der Waals surface area contributed by atoms with Crippen LogP contribution in [0.15, 0.2) is 30.3 Å². The highest BCUT2D eigenvalue weighted by Crippen LogP contribution is 2.21. The van der Waals surface area contributed by atoms with Gasteiger partial charge in [-0.3, -0.25) is 4.40 Å². The molecular formula is C12H11N3O2. The number of fused-ring (bicyclic) bond motifs is 3. The minimum atomic E-state index is 0.0370. The lowest BCUT2D eigenvalue weighted by Gasteiger charge is -2.04. The fourth-order valence-electron chi connectivity index (χ4n) is 2.01. The Bertz CT molecular complexity index is 691. The van der Waals surface area contributed by atoms with E-state index in [1.54, 1.807) is 12.1 Å². The van der Waals surface area contributed by atoms with Crippen LogP contribution >= 0.6 is 0 Å². The molecule has 0 bridgehead atoms. The van der Waals surface area contributed by atoms with E-state index in [0.29, 0.717) is 6.42 Å². The van der Waals surface area contributed by atoms with Gasteiger partial charge in [-0.2, -0.15) is 0 Å². The monoisotopic (exact) mass is 229 g/mol. The van der Waals surface area contributed by atoms with E-state index in [0.717, 1.165) is 22.4 Å². The summed E-state index contributed by atoms with van der Waals surface area (Å²) in [7, 11) is 0. The van der Waals surface area contributed by atoms with Crippen LogP contribution in [0.4, 0.5) is 0 Å². The average molecular weight is 229 g/mol. The molecule has 3 rings (SSSR count). The van der Waals surface area contributed by atoms with Gasteiger partial charge in [0.05, 0.1) is 12.1 Å². The van der Waals surface area contributed by atoms with Gasteiger partial charge in [0.2, 0.25) is 0 Å². The van der Waals surface area contributed by atoms with Gasteiger partial charge in [-0.05, 0) is 30.3 Å². The molecule has 1 aromatic carbocycles.